The molecule has 0 spiro atoms. The lowest BCUT2D eigenvalue weighted by Gasteiger charge is -2.43. The molecule has 0 amide bonds. The molecule has 8 nitrogen and oxygen atoms in total. The fraction of sp³-hybridized carbons (Fsp3) is 0.417. The first-order chi connectivity index (χ1) is 17.5. The summed E-state index contributed by atoms with van der Waals surface area (Å²) >= 11 is 5.88. The molecule has 3 N–H and O–H groups in total. The van der Waals surface area contributed by atoms with Gasteiger partial charge in [-0.2, -0.15) is 5.10 Å². The Hall–Kier alpha value is -3.25. The third-order valence-electron chi connectivity index (χ3n) is 6.65. The summed E-state index contributed by atoms with van der Waals surface area (Å²) in [6.07, 6.45) is -3.52. The van der Waals surface area contributed by atoms with Crippen LogP contribution < -0.4 is 5.32 Å². The minimum atomic E-state index is -3.24. The number of nitrogens with zero attached hydrogens (tertiary/aromatic N) is 4. The standard InChI is InChI=1S/C24H25ClF4N6O2/c1-12-8-17(34-33-12)31-23-30-16(19(27)20(32-23)21(28)29)10-24(22(36)37)6-7-35(13(2)9-24)11-14-4-3-5-15(25)18(14)26/h3-5,8,13,21H,6-7,9-11H2,1-2H3,(H,36,37)(H2,30,31,32,33,34)/t13-,24-/m1/s1. The number of aromatic amines is 1. The van der Waals surface area contributed by atoms with Gasteiger partial charge in [-0.3, -0.25) is 14.8 Å². The van der Waals surface area contributed by atoms with Gasteiger partial charge in [0.05, 0.1) is 16.1 Å². The lowest BCUT2D eigenvalue weighted by Crippen LogP contribution is -2.50. The van der Waals surface area contributed by atoms with Gasteiger partial charge in [0.15, 0.2) is 11.6 Å². The quantitative estimate of drug-likeness (QED) is 0.328. The second-order valence-electron chi connectivity index (χ2n) is 9.30. The van der Waals surface area contributed by atoms with E-state index < -0.39 is 47.3 Å². The Bertz CT molecular complexity index is 1310. The molecule has 1 aliphatic rings. The fourth-order valence-corrected chi connectivity index (χ4v) is 4.87. The molecule has 4 rings (SSSR count). The largest absolute Gasteiger partial charge is 0.481 e. The predicted molar refractivity (Wildman–Crippen MR) is 128 cm³/mol. The van der Waals surface area contributed by atoms with E-state index in [1.165, 1.54) is 6.07 Å². The minimum Gasteiger partial charge on any atom is -0.481 e. The van der Waals surface area contributed by atoms with Gasteiger partial charge in [0.25, 0.3) is 6.43 Å². The fourth-order valence-electron chi connectivity index (χ4n) is 4.68. The van der Waals surface area contributed by atoms with Crippen molar-refractivity contribution in [2.45, 2.75) is 52.1 Å². The summed E-state index contributed by atoms with van der Waals surface area (Å²) in [6, 6.07) is 5.91. The monoisotopic (exact) mass is 540 g/mol. The van der Waals surface area contributed by atoms with Crippen molar-refractivity contribution >= 4 is 29.3 Å². The Labute approximate surface area is 215 Å². The van der Waals surface area contributed by atoms with E-state index in [1.54, 1.807) is 32.0 Å². The molecule has 0 radical (unpaired) electrons. The third-order valence-corrected chi connectivity index (χ3v) is 6.94. The SMILES string of the molecule is Cc1cc(Nc2nc(C[C@@]3(C(=O)O)CCN(Cc4cccc(Cl)c4F)[C@H](C)C3)c(F)c(C(F)F)n2)n[nH]1. The van der Waals surface area contributed by atoms with Gasteiger partial charge in [-0.15, -0.1) is 0 Å². The maximum Gasteiger partial charge on any atom is 0.310 e. The van der Waals surface area contributed by atoms with Gasteiger partial charge < -0.3 is 10.4 Å². The zero-order valence-corrected chi connectivity index (χ0v) is 20.8. The molecule has 3 heterocycles. The second-order valence-corrected chi connectivity index (χ2v) is 9.71. The summed E-state index contributed by atoms with van der Waals surface area (Å²) in [4.78, 5) is 22.0. The Kier molecular flexibility index (Phi) is 7.69. The molecular formula is C24H25ClF4N6O2. The molecular weight excluding hydrogens is 516 g/mol. The first kappa shape index (κ1) is 26.8. The Balaban J connectivity index is 1.60. The minimum absolute atomic E-state index is 0.00877. The highest BCUT2D eigenvalue weighted by Crippen LogP contribution is 2.40. The third kappa shape index (κ3) is 5.69. The number of carboxylic acids is 1. The van der Waals surface area contributed by atoms with Crippen LogP contribution in [-0.2, 0) is 17.8 Å². The lowest BCUT2D eigenvalue weighted by atomic mass is 9.72. The molecule has 3 aromatic rings. The molecule has 13 heteroatoms. The number of halogens is 5. The maximum atomic E-state index is 15.1. The topological polar surface area (TPSA) is 107 Å². The summed E-state index contributed by atoms with van der Waals surface area (Å²) in [5.74, 6) is -3.15. The highest BCUT2D eigenvalue weighted by atomic mass is 35.5. The molecule has 2 atom stereocenters. The van der Waals surface area contributed by atoms with Crippen molar-refractivity contribution in [3.8, 4) is 0 Å². The van der Waals surface area contributed by atoms with Crippen LogP contribution in [0, 0.1) is 24.0 Å². The molecule has 2 aromatic heterocycles. The maximum absolute atomic E-state index is 15.1. The lowest BCUT2D eigenvalue weighted by molar-refractivity contribution is -0.153. The first-order valence-corrected chi connectivity index (χ1v) is 11.9. The van der Waals surface area contributed by atoms with E-state index in [9.17, 15) is 23.1 Å². The number of nitrogens with one attached hydrogen (secondary N) is 2. The average molecular weight is 541 g/mol. The number of hydrogen-bond donors (Lipinski definition) is 3. The van der Waals surface area contributed by atoms with E-state index in [2.05, 4.69) is 25.5 Å². The van der Waals surface area contributed by atoms with Crippen LogP contribution in [0.3, 0.4) is 0 Å². The number of benzene rings is 1. The van der Waals surface area contributed by atoms with Crippen LogP contribution in [0.25, 0.3) is 0 Å². The molecule has 198 valence electrons. The molecule has 1 fully saturated rings. The number of likely N-dealkylation sites (tertiary alicyclic amines) is 1. The van der Waals surface area contributed by atoms with Gasteiger partial charge >= 0.3 is 5.97 Å². The number of aromatic nitrogens is 4. The number of aliphatic carboxylic acids is 1. The van der Waals surface area contributed by atoms with Gasteiger partial charge in [0.1, 0.15) is 11.5 Å². The number of aryl methyl sites for hydroxylation is 1. The summed E-state index contributed by atoms with van der Waals surface area (Å²) in [5, 5.41) is 19.4. The summed E-state index contributed by atoms with van der Waals surface area (Å²) in [5.41, 5.74) is -1.97. The van der Waals surface area contributed by atoms with E-state index in [0.29, 0.717) is 11.3 Å². The van der Waals surface area contributed by atoms with Gasteiger partial charge in [-0.05, 0) is 39.3 Å². The van der Waals surface area contributed by atoms with Gasteiger partial charge in [-0.1, -0.05) is 23.7 Å². The normalized spacial score (nSPS) is 20.4. The van der Waals surface area contributed by atoms with Gasteiger partial charge in [0, 0.05) is 36.3 Å². The number of anilines is 2. The number of hydrogen-bond acceptors (Lipinski definition) is 6. The highest BCUT2D eigenvalue weighted by Gasteiger charge is 2.45. The molecule has 0 unspecified atom stereocenters. The van der Waals surface area contributed by atoms with E-state index in [-0.39, 0.29) is 48.8 Å². The van der Waals surface area contributed by atoms with Crippen molar-refractivity contribution in [3.05, 3.63) is 63.6 Å². The van der Waals surface area contributed by atoms with Crippen LogP contribution in [0.5, 0.6) is 0 Å². The molecule has 1 aliphatic heterocycles. The summed E-state index contributed by atoms with van der Waals surface area (Å²) < 4.78 is 56.7. The first-order valence-electron chi connectivity index (χ1n) is 11.5. The predicted octanol–water partition coefficient (Wildman–Crippen LogP) is 5.42. The Morgan fingerprint density at radius 2 is 2.08 bits per heavy atom. The van der Waals surface area contributed by atoms with Crippen LogP contribution in [0.4, 0.5) is 29.3 Å². The zero-order chi connectivity index (χ0) is 26.9. The molecule has 37 heavy (non-hydrogen) atoms. The van der Waals surface area contributed by atoms with Crippen molar-refractivity contribution in [2.75, 3.05) is 11.9 Å². The van der Waals surface area contributed by atoms with E-state index in [0.717, 1.165) is 0 Å². The Morgan fingerprint density at radius 1 is 1.32 bits per heavy atom. The number of alkyl halides is 2. The summed E-state index contributed by atoms with van der Waals surface area (Å²) in [6.45, 7) is 3.97. The number of carbonyl (C=O) groups is 1. The van der Waals surface area contributed by atoms with Crippen molar-refractivity contribution in [2.24, 2.45) is 5.41 Å². The van der Waals surface area contributed by atoms with Crippen molar-refractivity contribution in [3.63, 3.8) is 0 Å². The summed E-state index contributed by atoms with van der Waals surface area (Å²) in [7, 11) is 0. The highest BCUT2D eigenvalue weighted by molar-refractivity contribution is 6.30. The van der Waals surface area contributed by atoms with E-state index in [4.69, 9.17) is 11.6 Å². The van der Waals surface area contributed by atoms with Crippen molar-refractivity contribution in [1.82, 2.24) is 25.1 Å². The zero-order valence-electron chi connectivity index (χ0n) is 20.0. The number of piperidine rings is 1. The van der Waals surface area contributed by atoms with Crippen molar-refractivity contribution in [1.29, 1.82) is 0 Å². The van der Waals surface area contributed by atoms with Crippen LogP contribution in [0.1, 0.15) is 48.8 Å². The number of rotatable bonds is 8. The van der Waals surface area contributed by atoms with E-state index in [1.807, 2.05) is 4.90 Å². The van der Waals surface area contributed by atoms with Crippen LogP contribution in [0.2, 0.25) is 5.02 Å². The van der Waals surface area contributed by atoms with Gasteiger partial charge in [0.2, 0.25) is 5.95 Å². The van der Waals surface area contributed by atoms with Crippen molar-refractivity contribution < 1.29 is 27.5 Å². The molecule has 0 aliphatic carbocycles. The number of H-pyrrole nitrogens is 1. The average Bonchev–Trinajstić information content (AvgIpc) is 3.24. The molecule has 1 aromatic carbocycles. The van der Waals surface area contributed by atoms with Crippen LogP contribution in [0.15, 0.2) is 24.3 Å². The Morgan fingerprint density at radius 3 is 2.70 bits per heavy atom. The van der Waals surface area contributed by atoms with Gasteiger partial charge in [-0.25, -0.2) is 27.5 Å². The van der Waals surface area contributed by atoms with Crippen LogP contribution >= 0.6 is 11.6 Å². The molecule has 0 bridgehead atoms. The van der Waals surface area contributed by atoms with Crippen LogP contribution in [-0.4, -0.2) is 48.7 Å². The molecule has 0 saturated carbocycles. The van der Waals surface area contributed by atoms with E-state index >= 15 is 4.39 Å². The molecule has 1 saturated heterocycles. The second kappa shape index (κ2) is 10.6. The smallest absolute Gasteiger partial charge is 0.310 e. The number of carboxylic acid groups (broad SMARTS) is 1.